The number of fused-ring (bicyclic) bond motifs is 8. The summed E-state index contributed by atoms with van der Waals surface area (Å²) in [6.45, 7) is -0.0138. The lowest BCUT2D eigenvalue weighted by atomic mass is 9.34. The molecular weight excluding hydrogens is 709 g/mol. The van der Waals surface area contributed by atoms with Crippen molar-refractivity contribution >= 4 is 89.0 Å². The zero-order chi connectivity index (χ0) is 37.5. The van der Waals surface area contributed by atoms with Crippen molar-refractivity contribution in [1.82, 2.24) is 4.57 Å². The molecule has 0 saturated heterocycles. The third kappa shape index (κ3) is 4.86. The van der Waals surface area contributed by atoms with Crippen LogP contribution >= 0.6 is 11.3 Å². The van der Waals surface area contributed by atoms with Crippen molar-refractivity contribution in [3.8, 4) is 27.9 Å². The SMILES string of the molecule is c1ccc(-c2cccc(N3c4cc(-c5ccccc5)ccc4B4c5c3cccc5N(c3ccccc3)c3c4c4sc5ccccc5c4n3-c3ccccc3)c2)cc1. The summed E-state index contributed by atoms with van der Waals surface area (Å²) in [5.41, 5.74) is 17.1. The summed E-state index contributed by atoms with van der Waals surface area (Å²) < 4.78 is 5.18. The molecule has 0 radical (unpaired) electrons. The van der Waals surface area contributed by atoms with Crippen molar-refractivity contribution in [2.75, 3.05) is 9.80 Å². The molecule has 0 unspecified atom stereocenters. The molecule has 0 spiro atoms. The van der Waals surface area contributed by atoms with Crippen molar-refractivity contribution < 1.29 is 0 Å². The maximum absolute atomic E-state index is 2.54. The van der Waals surface area contributed by atoms with Crippen LogP contribution in [0.3, 0.4) is 0 Å². The van der Waals surface area contributed by atoms with Gasteiger partial charge in [0.2, 0.25) is 0 Å². The van der Waals surface area contributed by atoms with E-state index in [0.717, 1.165) is 17.1 Å². The van der Waals surface area contributed by atoms with Crippen molar-refractivity contribution in [2.24, 2.45) is 0 Å². The van der Waals surface area contributed by atoms with Gasteiger partial charge in [-0.2, -0.15) is 0 Å². The lowest BCUT2D eigenvalue weighted by molar-refractivity contribution is 1.08. The van der Waals surface area contributed by atoms with Crippen LogP contribution < -0.4 is 26.2 Å². The van der Waals surface area contributed by atoms with Gasteiger partial charge in [-0.15, -0.1) is 11.3 Å². The summed E-state index contributed by atoms with van der Waals surface area (Å²) in [4.78, 5) is 5.05. The summed E-state index contributed by atoms with van der Waals surface area (Å²) in [7, 11) is 0. The quantitative estimate of drug-likeness (QED) is 0.163. The second kappa shape index (κ2) is 12.7. The van der Waals surface area contributed by atoms with Crippen LogP contribution in [0, 0.1) is 0 Å². The van der Waals surface area contributed by atoms with Gasteiger partial charge >= 0.3 is 0 Å². The first-order chi connectivity index (χ1) is 28.3. The van der Waals surface area contributed by atoms with Gasteiger partial charge in [0.05, 0.1) is 10.2 Å². The maximum Gasteiger partial charge on any atom is 0.256 e. The predicted octanol–water partition coefficient (Wildman–Crippen LogP) is 12.3. The average molecular weight is 744 g/mol. The van der Waals surface area contributed by atoms with Crippen molar-refractivity contribution in [3.63, 3.8) is 0 Å². The third-order valence-corrected chi connectivity index (χ3v) is 12.9. The van der Waals surface area contributed by atoms with E-state index < -0.39 is 0 Å². The molecule has 2 aliphatic heterocycles. The van der Waals surface area contributed by atoms with E-state index in [1.165, 1.54) is 81.8 Å². The van der Waals surface area contributed by atoms with E-state index in [2.05, 4.69) is 221 Å². The first-order valence-electron chi connectivity index (χ1n) is 19.6. The van der Waals surface area contributed by atoms with Crippen LogP contribution in [0.15, 0.2) is 206 Å². The number of nitrogens with zero attached hydrogens (tertiary/aromatic N) is 3. The van der Waals surface area contributed by atoms with Crippen LogP contribution in [0.2, 0.25) is 0 Å². The molecule has 0 atom stereocenters. The van der Waals surface area contributed by atoms with Crippen molar-refractivity contribution in [1.29, 1.82) is 0 Å². The molecule has 0 bridgehead atoms. The fourth-order valence-corrected chi connectivity index (χ4v) is 10.6. The summed E-state index contributed by atoms with van der Waals surface area (Å²) >= 11 is 1.92. The Labute approximate surface area is 336 Å². The molecule has 3 nitrogen and oxygen atoms in total. The Morgan fingerprint density at radius 1 is 0.386 bits per heavy atom. The minimum Gasteiger partial charge on any atom is -0.311 e. The van der Waals surface area contributed by atoms with Gasteiger partial charge in [0.25, 0.3) is 6.71 Å². The highest BCUT2D eigenvalue weighted by Crippen LogP contribution is 2.49. The molecule has 10 aromatic rings. The zero-order valence-corrected chi connectivity index (χ0v) is 31.8. The first kappa shape index (κ1) is 32.2. The second-order valence-corrected chi connectivity index (χ2v) is 15.9. The average Bonchev–Trinajstić information content (AvgIpc) is 3.82. The topological polar surface area (TPSA) is 11.4 Å². The number of hydrogen-bond acceptors (Lipinski definition) is 3. The number of anilines is 6. The lowest BCUT2D eigenvalue weighted by Crippen LogP contribution is -2.61. The molecule has 57 heavy (non-hydrogen) atoms. The van der Waals surface area contributed by atoms with E-state index in [1.54, 1.807) is 0 Å². The van der Waals surface area contributed by atoms with E-state index in [9.17, 15) is 0 Å². The highest BCUT2D eigenvalue weighted by atomic mass is 32.1. The third-order valence-electron chi connectivity index (χ3n) is 11.8. The largest absolute Gasteiger partial charge is 0.311 e. The zero-order valence-electron chi connectivity index (χ0n) is 31.0. The number of para-hydroxylation sites is 2. The summed E-state index contributed by atoms with van der Waals surface area (Å²) in [5, 5.41) is 1.28. The van der Waals surface area contributed by atoms with Crippen LogP contribution in [0.4, 0.5) is 34.3 Å². The van der Waals surface area contributed by atoms with E-state index in [1.807, 2.05) is 11.3 Å². The smallest absolute Gasteiger partial charge is 0.256 e. The standard InChI is InChI=1S/C52H34BN3S/c1-5-17-35(18-6-1)37-21-15-26-41(33-37)54-44-28-16-29-45-48(44)53(43-32-31-38(34-46(43)54)36-19-7-2-8-20-36)49-51-50(42-27-13-14-30-47(42)57-51)56(40-24-11-4-12-25-40)52(49)55(45)39-22-9-3-10-23-39/h1-34H. The van der Waals surface area contributed by atoms with Gasteiger partial charge in [-0.3, -0.25) is 9.47 Å². The van der Waals surface area contributed by atoms with E-state index in [-0.39, 0.29) is 6.71 Å². The van der Waals surface area contributed by atoms with Gasteiger partial charge in [0, 0.05) is 44.2 Å². The molecule has 5 heteroatoms. The fourth-order valence-electron chi connectivity index (χ4n) is 9.36. The number of hydrogen-bond donors (Lipinski definition) is 0. The van der Waals surface area contributed by atoms with Crippen LogP contribution in [0.5, 0.6) is 0 Å². The molecule has 0 saturated carbocycles. The van der Waals surface area contributed by atoms with Gasteiger partial charge in [0.15, 0.2) is 0 Å². The molecule has 0 fully saturated rings. The molecule has 266 valence electrons. The molecule has 0 amide bonds. The molecule has 2 aliphatic rings. The Morgan fingerprint density at radius 3 is 1.67 bits per heavy atom. The van der Waals surface area contributed by atoms with Crippen molar-refractivity contribution in [2.45, 2.75) is 0 Å². The summed E-state index contributed by atoms with van der Waals surface area (Å²) in [6.07, 6.45) is 0. The van der Waals surface area contributed by atoms with Gasteiger partial charge in [-0.25, -0.2) is 0 Å². The predicted molar refractivity (Wildman–Crippen MR) is 244 cm³/mol. The summed E-state index contributed by atoms with van der Waals surface area (Å²) in [6, 6.07) is 75.5. The number of benzene rings is 8. The Kier molecular flexibility index (Phi) is 7.19. The maximum atomic E-state index is 2.54. The van der Waals surface area contributed by atoms with Gasteiger partial charge in [0.1, 0.15) is 5.82 Å². The van der Waals surface area contributed by atoms with Crippen LogP contribution in [0.25, 0.3) is 48.2 Å². The molecule has 4 heterocycles. The molecular formula is C52H34BN3S. The lowest BCUT2D eigenvalue weighted by Gasteiger charge is -2.43. The minimum absolute atomic E-state index is 0.0138. The van der Waals surface area contributed by atoms with E-state index >= 15 is 0 Å². The molecule has 8 aromatic carbocycles. The molecule has 0 aliphatic carbocycles. The molecule has 12 rings (SSSR count). The van der Waals surface area contributed by atoms with Crippen LogP contribution in [-0.4, -0.2) is 11.3 Å². The van der Waals surface area contributed by atoms with E-state index in [0.29, 0.717) is 0 Å². The normalized spacial score (nSPS) is 12.8. The fraction of sp³-hybridized carbons (Fsp3) is 0. The molecule has 2 aromatic heterocycles. The van der Waals surface area contributed by atoms with Crippen LogP contribution in [0.1, 0.15) is 0 Å². The Hall–Kier alpha value is -7.08. The first-order valence-corrected chi connectivity index (χ1v) is 20.4. The second-order valence-electron chi connectivity index (χ2n) is 14.9. The highest BCUT2D eigenvalue weighted by molar-refractivity contribution is 7.28. The summed E-state index contributed by atoms with van der Waals surface area (Å²) in [5.74, 6) is 1.20. The van der Waals surface area contributed by atoms with Gasteiger partial charge in [-0.1, -0.05) is 146 Å². The number of aromatic nitrogens is 1. The number of rotatable bonds is 5. The Balaban J connectivity index is 1.22. The van der Waals surface area contributed by atoms with Gasteiger partial charge < -0.3 is 4.90 Å². The van der Waals surface area contributed by atoms with Gasteiger partial charge in [-0.05, 0) is 99.3 Å². The van der Waals surface area contributed by atoms with E-state index in [4.69, 9.17) is 0 Å². The molecule has 0 N–H and O–H groups in total. The Morgan fingerprint density at radius 2 is 0.947 bits per heavy atom. The minimum atomic E-state index is -0.0138. The highest BCUT2D eigenvalue weighted by Gasteiger charge is 2.47. The Bertz CT molecular complexity index is 3140. The number of thiophene rings is 1. The van der Waals surface area contributed by atoms with Crippen molar-refractivity contribution in [3.05, 3.63) is 206 Å². The van der Waals surface area contributed by atoms with Crippen LogP contribution in [-0.2, 0) is 0 Å². The monoisotopic (exact) mass is 743 g/mol.